The van der Waals surface area contributed by atoms with Crippen LogP contribution in [0.4, 0.5) is 19.1 Å². The van der Waals surface area contributed by atoms with Crippen molar-refractivity contribution in [1.29, 1.82) is 0 Å². The minimum atomic E-state index is -4.62. The van der Waals surface area contributed by atoms with Crippen LogP contribution in [0.1, 0.15) is 17.9 Å². The molecule has 0 unspecified atom stereocenters. The summed E-state index contributed by atoms with van der Waals surface area (Å²) >= 11 is 0. The van der Waals surface area contributed by atoms with Crippen molar-refractivity contribution in [3.05, 3.63) is 23.6 Å². The molecule has 0 aromatic carbocycles. The van der Waals surface area contributed by atoms with E-state index in [0.717, 1.165) is 0 Å². The zero-order valence-electron chi connectivity index (χ0n) is 10.7. The molecule has 2 rings (SSSR count). The number of carbonyl (C=O) groups is 1. The van der Waals surface area contributed by atoms with Crippen LogP contribution < -0.4 is 10.1 Å². The Kier molecular flexibility index (Phi) is 4.15. The van der Waals surface area contributed by atoms with Gasteiger partial charge in [-0.1, -0.05) is 5.16 Å². The van der Waals surface area contributed by atoms with E-state index in [0.29, 0.717) is 11.8 Å². The molecule has 0 radical (unpaired) electrons. The van der Waals surface area contributed by atoms with Gasteiger partial charge in [0.1, 0.15) is 5.76 Å². The Bertz CT molecular complexity index is 620. The van der Waals surface area contributed by atoms with Gasteiger partial charge in [-0.05, 0) is 5.16 Å². The maximum Gasteiger partial charge on any atom is 0.436 e. The Hall–Kier alpha value is -2.52. The van der Waals surface area contributed by atoms with Gasteiger partial charge in [0, 0.05) is 25.0 Å². The van der Waals surface area contributed by atoms with E-state index in [2.05, 4.69) is 20.2 Å². The van der Waals surface area contributed by atoms with Gasteiger partial charge in [0.25, 0.3) is 5.88 Å². The van der Waals surface area contributed by atoms with Crippen molar-refractivity contribution in [2.75, 3.05) is 12.4 Å². The third kappa shape index (κ3) is 3.97. The molecule has 0 aliphatic carbocycles. The fourth-order valence-electron chi connectivity index (χ4n) is 1.41. The third-order valence-corrected chi connectivity index (χ3v) is 2.41. The second kappa shape index (κ2) is 5.85. The predicted octanol–water partition coefficient (Wildman–Crippen LogP) is 2.26. The number of aryl methyl sites for hydroxylation is 1. The molecule has 0 fully saturated rings. The summed E-state index contributed by atoms with van der Waals surface area (Å²) in [5.74, 6) is -0.233. The van der Waals surface area contributed by atoms with Crippen LogP contribution in [0.2, 0.25) is 0 Å². The van der Waals surface area contributed by atoms with E-state index >= 15 is 0 Å². The molecule has 2 heterocycles. The molecule has 10 heteroatoms. The fourth-order valence-corrected chi connectivity index (χ4v) is 1.41. The lowest BCUT2D eigenvalue weighted by molar-refractivity contribution is -0.142. The fraction of sp³-hybridized carbons (Fsp3) is 0.364. The SMILES string of the molecule is COc1cc(CCC(=O)Nc2cc(C(F)(F)F)no2)on1. The molecule has 0 aliphatic rings. The van der Waals surface area contributed by atoms with Gasteiger partial charge in [0.2, 0.25) is 11.8 Å². The second-order valence-corrected chi connectivity index (χ2v) is 3.96. The van der Waals surface area contributed by atoms with Gasteiger partial charge in [0.15, 0.2) is 5.69 Å². The maximum absolute atomic E-state index is 12.3. The zero-order valence-corrected chi connectivity index (χ0v) is 10.7. The number of rotatable bonds is 5. The van der Waals surface area contributed by atoms with Crippen molar-refractivity contribution in [1.82, 2.24) is 10.3 Å². The van der Waals surface area contributed by atoms with Gasteiger partial charge in [0.05, 0.1) is 7.11 Å². The number of nitrogens with zero attached hydrogens (tertiary/aromatic N) is 2. The Morgan fingerprint density at radius 1 is 1.33 bits per heavy atom. The van der Waals surface area contributed by atoms with Crippen molar-refractivity contribution >= 4 is 11.8 Å². The lowest BCUT2D eigenvalue weighted by atomic mass is 10.2. The van der Waals surface area contributed by atoms with Crippen molar-refractivity contribution in [2.24, 2.45) is 0 Å². The number of amides is 1. The molecular weight excluding hydrogens is 295 g/mol. The van der Waals surface area contributed by atoms with Crippen LogP contribution in [0.3, 0.4) is 0 Å². The number of nitrogens with one attached hydrogen (secondary N) is 1. The normalized spacial score (nSPS) is 11.4. The lowest BCUT2D eigenvalue weighted by Crippen LogP contribution is -2.11. The number of halogens is 3. The van der Waals surface area contributed by atoms with Crippen molar-refractivity contribution in [3.63, 3.8) is 0 Å². The van der Waals surface area contributed by atoms with Crippen molar-refractivity contribution < 1.29 is 31.7 Å². The van der Waals surface area contributed by atoms with Crippen molar-refractivity contribution in [2.45, 2.75) is 19.0 Å². The molecule has 2 aromatic heterocycles. The number of hydrogen-bond donors (Lipinski definition) is 1. The molecule has 21 heavy (non-hydrogen) atoms. The third-order valence-electron chi connectivity index (χ3n) is 2.41. The highest BCUT2D eigenvalue weighted by atomic mass is 19.4. The molecule has 114 valence electrons. The minimum absolute atomic E-state index is 0.0274. The molecule has 0 bridgehead atoms. The largest absolute Gasteiger partial charge is 0.479 e. The Labute approximate surface area is 116 Å². The summed E-state index contributed by atoms with van der Waals surface area (Å²) in [6.07, 6.45) is -4.44. The van der Waals surface area contributed by atoms with Gasteiger partial charge >= 0.3 is 6.18 Å². The predicted molar refractivity (Wildman–Crippen MR) is 61.5 cm³/mol. The summed E-state index contributed by atoms with van der Waals surface area (Å²) in [6, 6.07) is 2.11. The van der Waals surface area contributed by atoms with E-state index in [4.69, 9.17) is 9.26 Å². The van der Waals surface area contributed by atoms with Crippen molar-refractivity contribution in [3.8, 4) is 5.88 Å². The first-order valence-corrected chi connectivity index (χ1v) is 5.72. The Balaban J connectivity index is 1.85. The molecule has 0 spiro atoms. The molecular formula is C11H10F3N3O4. The molecule has 7 nitrogen and oxygen atoms in total. The van der Waals surface area contributed by atoms with Gasteiger partial charge in [-0.15, -0.1) is 0 Å². The van der Waals surface area contributed by atoms with Crippen LogP contribution >= 0.6 is 0 Å². The number of methoxy groups -OCH3 is 1. The number of hydrogen-bond acceptors (Lipinski definition) is 6. The Morgan fingerprint density at radius 3 is 2.67 bits per heavy atom. The monoisotopic (exact) mass is 305 g/mol. The summed E-state index contributed by atoms with van der Waals surface area (Å²) in [4.78, 5) is 11.5. The molecule has 0 saturated carbocycles. The molecule has 1 amide bonds. The van der Waals surface area contributed by atoms with Crippen LogP contribution in [0, 0.1) is 0 Å². The topological polar surface area (TPSA) is 90.4 Å². The maximum atomic E-state index is 12.3. The van der Waals surface area contributed by atoms with Gasteiger partial charge in [-0.25, -0.2) is 0 Å². The number of aromatic nitrogens is 2. The smallest absolute Gasteiger partial charge is 0.436 e. The van der Waals surface area contributed by atoms with E-state index in [-0.39, 0.29) is 24.6 Å². The zero-order chi connectivity index (χ0) is 15.5. The summed E-state index contributed by atoms with van der Waals surface area (Å²) in [5.41, 5.74) is -1.21. The first kappa shape index (κ1) is 14.9. The van der Waals surface area contributed by atoms with Gasteiger partial charge in [-0.3, -0.25) is 10.1 Å². The number of alkyl halides is 3. The highest BCUT2D eigenvalue weighted by Crippen LogP contribution is 2.29. The first-order chi connectivity index (χ1) is 9.88. The summed E-state index contributed by atoms with van der Waals surface area (Å²) in [5, 5.41) is 8.52. The molecule has 0 saturated heterocycles. The first-order valence-electron chi connectivity index (χ1n) is 5.72. The van der Waals surface area contributed by atoms with Gasteiger partial charge < -0.3 is 13.8 Å². The van der Waals surface area contributed by atoms with E-state index in [1.165, 1.54) is 13.2 Å². The van der Waals surface area contributed by atoms with E-state index in [1.54, 1.807) is 0 Å². The van der Waals surface area contributed by atoms with Crippen LogP contribution in [0.5, 0.6) is 5.88 Å². The number of carbonyl (C=O) groups excluding carboxylic acids is 1. The summed E-state index contributed by atoms with van der Waals surface area (Å²) < 4.78 is 50.9. The average Bonchev–Trinajstić information content (AvgIpc) is 3.04. The summed E-state index contributed by atoms with van der Waals surface area (Å²) in [6.45, 7) is 0. The Morgan fingerprint density at radius 2 is 2.10 bits per heavy atom. The highest BCUT2D eigenvalue weighted by Gasteiger charge is 2.35. The quantitative estimate of drug-likeness (QED) is 0.911. The van der Waals surface area contributed by atoms with Crippen LogP contribution in [-0.2, 0) is 17.4 Å². The van der Waals surface area contributed by atoms with E-state index in [9.17, 15) is 18.0 Å². The lowest BCUT2D eigenvalue weighted by Gasteiger charge is -1.99. The highest BCUT2D eigenvalue weighted by molar-refractivity contribution is 5.89. The summed E-state index contributed by atoms with van der Waals surface area (Å²) in [7, 11) is 1.41. The molecule has 2 aromatic rings. The number of anilines is 1. The molecule has 1 N–H and O–H groups in total. The number of ether oxygens (including phenoxy) is 1. The molecule has 0 aliphatic heterocycles. The van der Waals surface area contributed by atoms with Crippen LogP contribution in [-0.4, -0.2) is 23.3 Å². The van der Waals surface area contributed by atoms with Gasteiger partial charge in [-0.2, -0.15) is 13.2 Å². The minimum Gasteiger partial charge on any atom is -0.479 e. The second-order valence-electron chi connectivity index (χ2n) is 3.96. The van der Waals surface area contributed by atoms with E-state index in [1.807, 2.05) is 0 Å². The molecule has 0 atom stereocenters. The van der Waals surface area contributed by atoms with Crippen LogP contribution in [0.25, 0.3) is 0 Å². The van der Waals surface area contributed by atoms with Crippen LogP contribution in [0.15, 0.2) is 21.2 Å². The standard InChI is InChI=1S/C11H10F3N3O4/c1-19-10-4-6(20-17-10)2-3-8(18)15-9-5-7(16-21-9)11(12,13)14/h4-5H,2-3H2,1H3,(H,15,18). The van der Waals surface area contributed by atoms with E-state index < -0.39 is 17.8 Å². The average molecular weight is 305 g/mol.